The van der Waals surface area contributed by atoms with Crippen LogP contribution >= 0.6 is 21.6 Å². The number of carboxylic acid groups (broad SMARTS) is 2. The Hall–Kier alpha value is -11.0. The number of primary amides is 1. The molecule has 1 heterocycles. The fourth-order valence-corrected chi connectivity index (χ4v) is 12.3. The first-order valence-electron chi connectivity index (χ1n) is 35.8. The molecule has 0 aromatic heterocycles. The Bertz CT molecular complexity index is 3500. The number of hydrogen-bond acceptors (Lipinski definition) is 24. The summed E-state index contributed by atoms with van der Waals surface area (Å²) in [5, 5.41) is 67.6. The van der Waals surface area contributed by atoms with E-state index in [1.807, 2.05) is 0 Å². The van der Waals surface area contributed by atoms with Crippen LogP contribution in [0.2, 0.25) is 0 Å². The van der Waals surface area contributed by atoms with Crippen molar-refractivity contribution < 1.29 is 106 Å². The zero-order chi connectivity index (χ0) is 84.5. The predicted octanol–water partition coefficient (Wildman–Crippen LogP) is -9.09. The normalized spacial score (nSPS) is 25.2. The fraction of sp³-hybridized carbons (Fsp3) is 0.612. The quantitative estimate of drug-likeness (QED) is 0.0265. The second-order valence-corrected chi connectivity index (χ2v) is 29.1. The molecular weight excluding hydrogens is 1510 g/mol. The molecule has 17 amide bonds. The highest BCUT2D eigenvalue weighted by atomic mass is 33.1. The molecule has 624 valence electrons. The summed E-state index contributed by atoms with van der Waals surface area (Å²) in [6.45, 7) is 6.91. The summed E-state index contributed by atoms with van der Waals surface area (Å²) in [5.41, 5.74) is 23.1. The number of guanidine groups is 1. The van der Waals surface area contributed by atoms with E-state index in [1.54, 1.807) is 65.0 Å². The molecule has 14 atom stereocenters. The highest BCUT2D eigenvalue weighted by molar-refractivity contribution is 8.76. The lowest BCUT2D eigenvalue weighted by Gasteiger charge is -2.29. The van der Waals surface area contributed by atoms with E-state index in [1.165, 1.54) is 6.92 Å². The van der Waals surface area contributed by atoms with Crippen molar-refractivity contribution in [2.45, 2.75) is 186 Å². The Balaban J connectivity index is 2.57. The molecule has 0 spiro atoms. The number of carbonyl (C=O) groups excluding carboxylic acids is 17. The Labute approximate surface area is 653 Å². The van der Waals surface area contributed by atoms with E-state index in [9.17, 15) is 106 Å². The van der Waals surface area contributed by atoms with Crippen LogP contribution in [0.3, 0.4) is 0 Å². The Morgan fingerprint density at radius 3 is 1.48 bits per heavy atom. The molecule has 1 aromatic rings. The second kappa shape index (κ2) is 50.8. The molecule has 27 N–H and O–H groups in total. The number of nitrogens with zero attached hydrogens (tertiary/aromatic N) is 1. The van der Waals surface area contributed by atoms with Gasteiger partial charge in [-0.15, -0.1) is 0 Å². The molecular formula is C67H107N21O22S2. The minimum atomic E-state index is -1.92. The Morgan fingerprint density at radius 2 is 0.929 bits per heavy atom. The van der Waals surface area contributed by atoms with Crippen molar-refractivity contribution in [3.8, 4) is 0 Å². The molecule has 1 aliphatic heterocycles. The minimum absolute atomic E-state index is 0.0265. The number of nitrogens with two attached hydrogens (primary N) is 4. The van der Waals surface area contributed by atoms with Gasteiger partial charge in [0.25, 0.3) is 0 Å². The number of carboxylic acids is 2. The van der Waals surface area contributed by atoms with Gasteiger partial charge in [-0.2, -0.15) is 0 Å². The zero-order valence-corrected chi connectivity index (χ0v) is 65.1. The van der Waals surface area contributed by atoms with Gasteiger partial charge in [-0.3, -0.25) is 91.3 Å². The van der Waals surface area contributed by atoms with Crippen LogP contribution < -0.4 is 108 Å². The highest BCUT2D eigenvalue weighted by Gasteiger charge is 2.37. The van der Waals surface area contributed by atoms with Crippen molar-refractivity contribution in [1.82, 2.24) is 85.1 Å². The van der Waals surface area contributed by atoms with Gasteiger partial charge in [-0.1, -0.05) is 106 Å². The number of aliphatic hydroxyl groups is 1. The molecule has 1 saturated heterocycles. The number of carbonyl (C=O) groups is 19. The smallest absolute Gasteiger partial charge is 0.327 e. The van der Waals surface area contributed by atoms with Gasteiger partial charge < -0.3 is 123 Å². The third-order valence-electron chi connectivity index (χ3n) is 16.8. The van der Waals surface area contributed by atoms with Crippen LogP contribution in [0.4, 0.5) is 0 Å². The van der Waals surface area contributed by atoms with Gasteiger partial charge in [0, 0.05) is 30.9 Å². The average molecular weight is 1620 g/mol. The number of nitrogens with one attached hydrogen (secondary N) is 16. The van der Waals surface area contributed by atoms with Gasteiger partial charge in [-0.25, -0.2) is 4.79 Å². The summed E-state index contributed by atoms with van der Waals surface area (Å²) < 4.78 is 0. The maximum absolute atomic E-state index is 14.2. The molecule has 1 fully saturated rings. The number of hydrogen-bond donors (Lipinski definition) is 23. The molecule has 0 aliphatic carbocycles. The molecule has 112 heavy (non-hydrogen) atoms. The van der Waals surface area contributed by atoms with Crippen LogP contribution in [0.25, 0.3) is 0 Å². The number of aliphatic hydroxyl groups excluding tert-OH is 1. The topological polar surface area (TPSA) is 694 Å². The van der Waals surface area contributed by atoms with Crippen LogP contribution in [0.5, 0.6) is 0 Å². The van der Waals surface area contributed by atoms with Crippen molar-refractivity contribution in [2.24, 2.45) is 45.7 Å². The van der Waals surface area contributed by atoms with Crippen molar-refractivity contribution in [3.05, 3.63) is 35.9 Å². The van der Waals surface area contributed by atoms with Crippen LogP contribution in [0, 0.1) is 17.8 Å². The van der Waals surface area contributed by atoms with Gasteiger partial charge in [0.2, 0.25) is 100 Å². The zero-order valence-electron chi connectivity index (χ0n) is 63.4. The van der Waals surface area contributed by atoms with Crippen molar-refractivity contribution in [3.63, 3.8) is 0 Å². The third-order valence-corrected chi connectivity index (χ3v) is 19.2. The number of amides is 17. The third kappa shape index (κ3) is 37.6. The van der Waals surface area contributed by atoms with E-state index in [4.69, 9.17) is 22.9 Å². The minimum Gasteiger partial charge on any atom is -0.481 e. The summed E-state index contributed by atoms with van der Waals surface area (Å²) in [7, 11) is 1.81. The van der Waals surface area contributed by atoms with E-state index in [2.05, 4.69) is 90.1 Å². The lowest BCUT2D eigenvalue weighted by Crippen LogP contribution is -2.60. The molecule has 43 nitrogen and oxygen atoms in total. The van der Waals surface area contributed by atoms with E-state index in [-0.39, 0.29) is 68.5 Å². The molecule has 0 radical (unpaired) electrons. The summed E-state index contributed by atoms with van der Waals surface area (Å²) in [4.78, 5) is 257. The number of aliphatic carboxylic acids is 2. The van der Waals surface area contributed by atoms with Crippen LogP contribution in [0.1, 0.15) is 112 Å². The number of aliphatic imine (C=N–C) groups is 1. The van der Waals surface area contributed by atoms with E-state index >= 15 is 0 Å². The first-order chi connectivity index (χ1) is 52.7. The van der Waals surface area contributed by atoms with Crippen molar-refractivity contribution in [1.29, 1.82) is 0 Å². The molecule has 0 bridgehead atoms. The van der Waals surface area contributed by atoms with Gasteiger partial charge in [0.1, 0.15) is 66.5 Å². The first kappa shape index (κ1) is 97.1. The summed E-state index contributed by atoms with van der Waals surface area (Å²) in [6, 6.07) is -10.2. The average Bonchev–Trinajstić information content (AvgIpc) is 0.857. The van der Waals surface area contributed by atoms with E-state index < -0.39 is 255 Å². The van der Waals surface area contributed by atoms with Gasteiger partial charge >= 0.3 is 11.9 Å². The van der Waals surface area contributed by atoms with Gasteiger partial charge in [-0.05, 0) is 62.8 Å². The summed E-state index contributed by atoms with van der Waals surface area (Å²) in [6.07, 6.45) is -1.94. The summed E-state index contributed by atoms with van der Waals surface area (Å²) >= 11 is 0. The van der Waals surface area contributed by atoms with Gasteiger partial charge in [0.05, 0.1) is 51.8 Å². The Morgan fingerprint density at radius 1 is 0.482 bits per heavy atom. The largest absolute Gasteiger partial charge is 0.481 e. The van der Waals surface area contributed by atoms with Crippen LogP contribution in [0.15, 0.2) is 35.3 Å². The standard InChI is InChI=1S/C67H107N21O22S2/c1-9-33(5)53-64(107)77-26-48(92)78-35(7)55(98)83-40(18-19-46(69)90)61(104)86-44(29-89)60(103)76-27-50(94)81-41(21-32(3)4)58(101)75-28-51(95)82-45(66(109)110)31-112-111-30-38(68)57(100)84-42(22-37-15-12-11-13-16-37)59(102)74-24-47(91)73-25-49(93)80-39(17-14-20-72-67(70)71)62(105)88-54(34(6)10-2)65(108)85-43(23-52(96)97)63(106)79-36(8)56(99)87-53/h11-13,15-16,32-36,38-45,53-54,89H,9-10,14,17-31,68H2,1-8H3,(H2,69,90)(H,73,91)(H,74,102)(H,75,101)(H,76,103)(H,77,107)(H,78,92)(H,79,106)(H,80,93)(H,81,94)(H,82,95)(H,83,98)(H,84,100)(H,85,108)(H,86,104)(H,87,99)(H,88,105)(H,96,97)(H,109,110)(H4,70,71,72)/t33-,34-,35-,36-,38+,39-,40-,41-,42-,43-,44-,45+,53-,54-/m0/s1. The number of benzene rings is 1. The van der Waals surface area contributed by atoms with Crippen LogP contribution in [-0.2, 0) is 97.5 Å². The maximum Gasteiger partial charge on any atom is 0.327 e. The summed E-state index contributed by atoms with van der Waals surface area (Å²) in [5.74, 6) is -22.6. The van der Waals surface area contributed by atoms with E-state index in [0.717, 1.165) is 35.4 Å². The maximum atomic E-state index is 14.2. The second-order valence-electron chi connectivity index (χ2n) is 26.6. The van der Waals surface area contributed by atoms with Crippen LogP contribution in [-0.4, -0.2) is 264 Å². The fourth-order valence-electron chi connectivity index (χ4n) is 10.1. The molecule has 45 heteroatoms. The van der Waals surface area contributed by atoms with E-state index in [0.29, 0.717) is 5.56 Å². The molecule has 1 aliphatic rings. The Kier molecular flexibility index (Phi) is 44.0. The van der Waals surface area contributed by atoms with Crippen molar-refractivity contribution >= 4 is 140 Å². The van der Waals surface area contributed by atoms with Gasteiger partial charge in [0.15, 0.2) is 5.96 Å². The molecule has 0 unspecified atom stereocenters. The van der Waals surface area contributed by atoms with Crippen molar-refractivity contribution in [2.75, 3.05) is 57.4 Å². The predicted molar refractivity (Wildman–Crippen MR) is 404 cm³/mol. The highest BCUT2D eigenvalue weighted by Crippen LogP contribution is 2.23. The lowest BCUT2D eigenvalue weighted by molar-refractivity contribution is -0.142. The molecule has 1 aromatic carbocycles. The molecule has 2 rings (SSSR count). The first-order valence-corrected chi connectivity index (χ1v) is 38.3. The SMILES string of the molecule is CC[C@H](C)[C@@H]1NC(=O)[C@H](C)NC(=O)[C@H](CC(=O)O)NC(=O)[C@H]([C@@H](C)CC)NC(=O)[C@H](CCCN=C(N)N)NC(=O)CNC(=O)CNC(=O)[C@H](Cc2ccccc2)NC(=O)[C@H](N)CSSC[C@H](C(=O)O)NC(=O)CNC(=O)[C@H](CC(C)C)NC(=O)CNC(=O)[C@H](CO)NC(=O)[C@H](CCC(N)=O)NC(=O)[C@H](C)NC(=O)CNC1=O. The molecule has 0 saturated carbocycles. The lowest BCUT2D eigenvalue weighted by atomic mass is 9.96. The monoisotopic (exact) mass is 1620 g/mol. The number of rotatable bonds is 19.